The standard InChI is InChI=1S/C18H42N4.2C2H6/c1-9-21(10-2)15-16-22(13-11-19(7)17(3)4)14-12-20(8)18(5)6;2*1-2/h17-18H,9-16H2,1-8H3;2*1-2H3. The second-order valence-electron chi connectivity index (χ2n) is 7.02. The van der Waals surface area contributed by atoms with Crippen molar-refractivity contribution < 1.29 is 0 Å². The molecule has 0 rings (SSSR count). The molecule has 0 aliphatic rings. The molecule has 0 saturated carbocycles. The Morgan fingerprint density at radius 1 is 0.500 bits per heavy atom. The van der Waals surface area contributed by atoms with E-state index in [1.807, 2.05) is 27.7 Å². The van der Waals surface area contributed by atoms with E-state index in [9.17, 15) is 0 Å². The minimum atomic E-state index is 0.628. The van der Waals surface area contributed by atoms with Gasteiger partial charge in [0.15, 0.2) is 0 Å². The van der Waals surface area contributed by atoms with E-state index in [1.165, 1.54) is 26.2 Å². The predicted octanol–water partition coefficient (Wildman–Crippen LogP) is 4.36. The Labute approximate surface area is 167 Å². The van der Waals surface area contributed by atoms with E-state index in [0.29, 0.717) is 12.1 Å². The minimum Gasteiger partial charge on any atom is -0.303 e. The van der Waals surface area contributed by atoms with E-state index in [2.05, 4.69) is 75.2 Å². The van der Waals surface area contributed by atoms with Crippen molar-refractivity contribution in [2.75, 3.05) is 66.5 Å². The largest absolute Gasteiger partial charge is 0.303 e. The third-order valence-electron chi connectivity index (χ3n) is 4.93. The molecular formula is C22H54N4. The molecule has 0 aromatic rings. The first kappa shape index (κ1) is 30.6. The third kappa shape index (κ3) is 17.3. The molecule has 0 bridgehead atoms. The summed E-state index contributed by atoms with van der Waals surface area (Å²) >= 11 is 0. The highest BCUT2D eigenvalue weighted by atomic mass is 15.2. The van der Waals surface area contributed by atoms with Crippen LogP contribution in [0.2, 0.25) is 0 Å². The topological polar surface area (TPSA) is 13.0 Å². The molecule has 0 aromatic carbocycles. The zero-order valence-electron chi connectivity index (χ0n) is 20.6. The monoisotopic (exact) mass is 374 g/mol. The lowest BCUT2D eigenvalue weighted by atomic mass is 10.3. The zero-order chi connectivity index (χ0) is 21.1. The Bertz CT molecular complexity index is 226. The van der Waals surface area contributed by atoms with Crippen LogP contribution in [-0.4, -0.2) is 98.1 Å². The summed E-state index contributed by atoms with van der Waals surface area (Å²) in [6.45, 7) is 30.9. The van der Waals surface area contributed by atoms with Crippen LogP contribution in [0.25, 0.3) is 0 Å². The van der Waals surface area contributed by atoms with Crippen LogP contribution in [0.3, 0.4) is 0 Å². The second-order valence-corrected chi connectivity index (χ2v) is 7.02. The van der Waals surface area contributed by atoms with Crippen molar-refractivity contribution in [2.24, 2.45) is 0 Å². The van der Waals surface area contributed by atoms with Crippen molar-refractivity contribution >= 4 is 0 Å². The van der Waals surface area contributed by atoms with Gasteiger partial charge in [-0.05, 0) is 54.9 Å². The lowest BCUT2D eigenvalue weighted by molar-refractivity contribution is 0.157. The highest BCUT2D eigenvalue weighted by Gasteiger charge is 2.12. The molecule has 0 radical (unpaired) electrons. The van der Waals surface area contributed by atoms with Gasteiger partial charge in [-0.1, -0.05) is 41.5 Å². The molecule has 0 N–H and O–H groups in total. The molecule has 26 heavy (non-hydrogen) atoms. The van der Waals surface area contributed by atoms with Crippen LogP contribution in [0.5, 0.6) is 0 Å². The molecule has 162 valence electrons. The second kappa shape index (κ2) is 21.1. The summed E-state index contributed by atoms with van der Waals surface area (Å²) in [4.78, 5) is 10.0. The Morgan fingerprint density at radius 2 is 0.769 bits per heavy atom. The number of likely N-dealkylation sites (N-methyl/N-ethyl adjacent to an activating group) is 3. The minimum absolute atomic E-state index is 0.628. The van der Waals surface area contributed by atoms with Crippen LogP contribution in [0.4, 0.5) is 0 Å². The SMILES string of the molecule is CC.CC.CCN(CC)CCN(CCN(C)C(C)C)CCN(C)C(C)C. The number of hydrogen-bond acceptors (Lipinski definition) is 4. The molecular weight excluding hydrogens is 320 g/mol. The average Bonchev–Trinajstić information content (AvgIpc) is 2.66. The quantitative estimate of drug-likeness (QED) is 0.475. The third-order valence-corrected chi connectivity index (χ3v) is 4.93. The van der Waals surface area contributed by atoms with Crippen LogP contribution < -0.4 is 0 Å². The lowest BCUT2D eigenvalue weighted by Gasteiger charge is -2.31. The number of hydrogen-bond donors (Lipinski definition) is 0. The summed E-state index contributed by atoms with van der Waals surface area (Å²) in [5.41, 5.74) is 0. The van der Waals surface area contributed by atoms with Gasteiger partial charge < -0.3 is 14.7 Å². The number of nitrogens with zero attached hydrogens (tertiary/aromatic N) is 4. The molecule has 0 fully saturated rings. The Balaban J connectivity index is -0.00000123. The summed E-state index contributed by atoms with van der Waals surface area (Å²) in [5, 5.41) is 0. The summed E-state index contributed by atoms with van der Waals surface area (Å²) < 4.78 is 0. The molecule has 0 aliphatic carbocycles. The van der Waals surface area contributed by atoms with Crippen molar-refractivity contribution in [3.8, 4) is 0 Å². The molecule has 4 heteroatoms. The predicted molar refractivity (Wildman–Crippen MR) is 122 cm³/mol. The Kier molecular flexibility index (Phi) is 24.9. The van der Waals surface area contributed by atoms with Gasteiger partial charge in [-0.15, -0.1) is 0 Å². The van der Waals surface area contributed by atoms with Crippen molar-refractivity contribution in [2.45, 2.75) is 81.3 Å². The van der Waals surface area contributed by atoms with E-state index in [1.54, 1.807) is 0 Å². The highest BCUT2D eigenvalue weighted by molar-refractivity contribution is 4.68. The molecule has 0 unspecified atom stereocenters. The van der Waals surface area contributed by atoms with Gasteiger partial charge in [-0.25, -0.2) is 0 Å². The van der Waals surface area contributed by atoms with Gasteiger partial charge in [0.2, 0.25) is 0 Å². The van der Waals surface area contributed by atoms with Crippen LogP contribution in [0, 0.1) is 0 Å². The molecule has 4 nitrogen and oxygen atoms in total. The maximum atomic E-state index is 2.64. The van der Waals surface area contributed by atoms with Gasteiger partial charge in [0.1, 0.15) is 0 Å². The zero-order valence-corrected chi connectivity index (χ0v) is 20.6. The van der Waals surface area contributed by atoms with E-state index < -0.39 is 0 Å². The first-order chi connectivity index (χ1) is 12.3. The van der Waals surface area contributed by atoms with Crippen LogP contribution in [-0.2, 0) is 0 Å². The lowest BCUT2D eigenvalue weighted by Crippen LogP contribution is -2.43. The van der Waals surface area contributed by atoms with Crippen LogP contribution >= 0.6 is 0 Å². The molecule has 0 aliphatic heterocycles. The van der Waals surface area contributed by atoms with E-state index in [-0.39, 0.29) is 0 Å². The molecule has 0 atom stereocenters. The average molecular weight is 375 g/mol. The highest BCUT2D eigenvalue weighted by Crippen LogP contribution is 1.99. The molecule has 0 heterocycles. The molecule has 0 aromatic heterocycles. The maximum Gasteiger partial charge on any atom is 0.0110 e. The van der Waals surface area contributed by atoms with E-state index >= 15 is 0 Å². The fourth-order valence-electron chi connectivity index (χ4n) is 2.27. The fraction of sp³-hybridized carbons (Fsp3) is 1.00. The smallest absolute Gasteiger partial charge is 0.0110 e. The van der Waals surface area contributed by atoms with Gasteiger partial charge in [0, 0.05) is 51.4 Å². The molecule has 0 amide bonds. The summed E-state index contributed by atoms with van der Waals surface area (Å²) in [6, 6.07) is 1.26. The first-order valence-electron chi connectivity index (χ1n) is 11.2. The first-order valence-corrected chi connectivity index (χ1v) is 11.2. The number of rotatable bonds is 13. The summed E-state index contributed by atoms with van der Waals surface area (Å²) in [7, 11) is 4.46. The fourth-order valence-corrected chi connectivity index (χ4v) is 2.27. The van der Waals surface area contributed by atoms with Crippen molar-refractivity contribution in [1.82, 2.24) is 19.6 Å². The Hall–Kier alpha value is -0.160. The molecule has 0 saturated heterocycles. The van der Waals surface area contributed by atoms with Crippen molar-refractivity contribution in [3.05, 3.63) is 0 Å². The van der Waals surface area contributed by atoms with Crippen molar-refractivity contribution in [1.29, 1.82) is 0 Å². The summed E-state index contributed by atoms with van der Waals surface area (Å²) in [6.07, 6.45) is 0. The van der Waals surface area contributed by atoms with Crippen LogP contribution in [0.1, 0.15) is 69.2 Å². The van der Waals surface area contributed by atoms with Crippen LogP contribution in [0.15, 0.2) is 0 Å². The summed E-state index contributed by atoms with van der Waals surface area (Å²) in [5.74, 6) is 0. The van der Waals surface area contributed by atoms with Gasteiger partial charge in [-0.3, -0.25) is 4.90 Å². The molecule has 0 spiro atoms. The van der Waals surface area contributed by atoms with Crippen molar-refractivity contribution in [3.63, 3.8) is 0 Å². The maximum absolute atomic E-state index is 2.64. The van der Waals surface area contributed by atoms with E-state index in [0.717, 1.165) is 26.2 Å². The van der Waals surface area contributed by atoms with Gasteiger partial charge in [-0.2, -0.15) is 0 Å². The van der Waals surface area contributed by atoms with Gasteiger partial charge in [0.05, 0.1) is 0 Å². The van der Waals surface area contributed by atoms with E-state index in [4.69, 9.17) is 0 Å². The Morgan fingerprint density at radius 3 is 1.04 bits per heavy atom. The normalized spacial score (nSPS) is 11.3. The van der Waals surface area contributed by atoms with Gasteiger partial charge >= 0.3 is 0 Å². The van der Waals surface area contributed by atoms with Gasteiger partial charge in [0.25, 0.3) is 0 Å².